The molecule has 0 aliphatic heterocycles. The predicted molar refractivity (Wildman–Crippen MR) is 41.3 cm³/mol. The normalized spacial score (nSPS) is 8.45. The van der Waals surface area contributed by atoms with Crippen molar-refractivity contribution >= 4 is 29.6 Å². The van der Waals surface area contributed by atoms with E-state index < -0.39 is 0 Å². The fourth-order valence-electron chi connectivity index (χ4n) is 0.623. The van der Waals surface area contributed by atoms with Crippen molar-refractivity contribution in [3.63, 3.8) is 0 Å². The Kier molecular flexibility index (Phi) is 4.25. The molecule has 56 valence electrons. The SMILES string of the molecule is COc1c(O)ccnc1O.[NaH]. The van der Waals surface area contributed by atoms with E-state index in [0.29, 0.717) is 0 Å². The van der Waals surface area contributed by atoms with Gasteiger partial charge in [-0.1, -0.05) is 0 Å². The molecule has 0 aliphatic carbocycles. The van der Waals surface area contributed by atoms with E-state index >= 15 is 0 Å². The first-order valence-electron chi connectivity index (χ1n) is 2.66. The van der Waals surface area contributed by atoms with Crippen molar-refractivity contribution in [1.29, 1.82) is 0 Å². The molecular formula is C6H8NNaO3. The van der Waals surface area contributed by atoms with Gasteiger partial charge in [0.25, 0.3) is 5.88 Å². The number of ether oxygens (including phenoxy) is 1. The van der Waals surface area contributed by atoms with E-state index in [0.717, 1.165) is 0 Å². The molecule has 5 heteroatoms. The third-order valence-electron chi connectivity index (χ3n) is 1.07. The van der Waals surface area contributed by atoms with E-state index in [1.54, 1.807) is 0 Å². The first-order chi connectivity index (χ1) is 4.75. The Bertz CT molecular complexity index is 221. The third-order valence-corrected chi connectivity index (χ3v) is 1.07. The second-order valence-electron chi connectivity index (χ2n) is 1.69. The van der Waals surface area contributed by atoms with Crippen LogP contribution < -0.4 is 4.74 Å². The van der Waals surface area contributed by atoms with Crippen LogP contribution in [0.2, 0.25) is 0 Å². The molecule has 0 amide bonds. The van der Waals surface area contributed by atoms with Gasteiger partial charge in [0, 0.05) is 12.3 Å². The molecule has 0 radical (unpaired) electrons. The maximum absolute atomic E-state index is 8.97. The molecule has 0 saturated carbocycles. The Morgan fingerprint density at radius 1 is 1.45 bits per heavy atom. The Balaban J connectivity index is 0.000001000. The van der Waals surface area contributed by atoms with Crippen LogP contribution in [0.5, 0.6) is 17.4 Å². The van der Waals surface area contributed by atoms with Crippen LogP contribution in [0.1, 0.15) is 0 Å². The maximum atomic E-state index is 8.97. The molecule has 0 fully saturated rings. The molecular weight excluding hydrogens is 157 g/mol. The summed E-state index contributed by atoms with van der Waals surface area (Å²) < 4.78 is 4.61. The summed E-state index contributed by atoms with van der Waals surface area (Å²) in [4.78, 5) is 3.48. The molecule has 1 aromatic rings. The zero-order valence-corrected chi connectivity index (χ0v) is 5.40. The van der Waals surface area contributed by atoms with Crippen LogP contribution in [-0.2, 0) is 0 Å². The summed E-state index contributed by atoms with van der Waals surface area (Å²) in [7, 11) is 1.34. The molecule has 1 aromatic heterocycles. The van der Waals surface area contributed by atoms with Gasteiger partial charge in [-0.3, -0.25) is 0 Å². The number of pyridine rings is 1. The van der Waals surface area contributed by atoms with Crippen LogP contribution in [0, 0.1) is 0 Å². The number of hydrogen-bond acceptors (Lipinski definition) is 4. The molecule has 0 unspecified atom stereocenters. The van der Waals surface area contributed by atoms with Gasteiger partial charge in [0.05, 0.1) is 7.11 Å². The third kappa shape index (κ3) is 2.25. The van der Waals surface area contributed by atoms with Crippen LogP contribution in [0.3, 0.4) is 0 Å². The summed E-state index contributed by atoms with van der Waals surface area (Å²) in [6.45, 7) is 0. The summed E-state index contributed by atoms with van der Waals surface area (Å²) in [6.07, 6.45) is 1.28. The minimum atomic E-state index is -0.303. The Hall–Kier alpha value is -0.450. The van der Waals surface area contributed by atoms with Crippen molar-refractivity contribution in [2.24, 2.45) is 0 Å². The number of hydrogen-bond donors (Lipinski definition) is 2. The van der Waals surface area contributed by atoms with Gasteiger partial charge in [-0.15, -0.1) is 0 Å². The van der Waals surface area contributed by atoms with E-state index in [1.807, 2.05) is 0 Å². The Labute approximate surface area is 86.1 Å². The average Bonchev–Trinajstić information content (AvgIpc) is 1.88. The first kappa shape index (κ1) is 10.6. The van der Waals surface area contributed by atoms with Crippen molar-refractivity contribution in [2.75, 3.05) is 7.11 Å². The van der Waals surface area contributed by atoms with E-state index in [1.165, 1.54) is 19.4 Å². The van der Waals surface area contributed by atoms with Gasteiger partial charge in [0.1, 0.15) is 0 Å². The topological polar surface area (TPSA) is 62.6 Å². The van der Waals surface area contributed by atoms with Gasteiger partial charge in [-0.2, -0.15) is 0 Å². The molecule has 0 spiro atoms. The van der Waals surface area contributed by atoms with Crippen LogP contribution in [0.4, 0.5) is 0 Å². The van der Waals surface area contributed by atoms with Gasteiger partial charge >= 0.3 is 29.6 Å². The van der Waals surface area contributed by atoms with Crippen LogP contribution in [0.25, 0.3) is 0 Å². The van der Waals surface area contributed by atoms with Gasteiger partial charge in [0.2, 0.25) is 5.75 Å². The molecule has 1 rings (SSSR count). The minimum absolute atomic E-state index is 0. The van der Waals surface area contributed by atoms with Crippen molar-refractivity contribution in [3.8, 4) is 17.4 Å². The zero-order valence-electron chi connectivity index (χ0n) is 5.40. The van der Waals surface area contributed by atoms with E-state index in [-0.39, 0.29) is 46.9 Å². The van der Waals surface area contributed by atoms with Crippen LogP contribution >= 0.6 is 0 Å². The molecule has 0 aromatic carbocycles. The number of methoxy groups -OCH3 is 1. The second kappa shape index (κ2) is 4.43. The van der Waals surface area contributed by atoms with Crippen LogP contribution in [0.15, 0.2) is 12.3 Å². The molecule has 0 atom stereocenters. The summed E-state index contributed by atoms with van der Waals surface area (Å²) in [5, 5.41) is 17.9. The number of aromatic hydroxyl groups is 2. The molecule has 1 heterocycles. The predicted octanol–water partition coefficient (Wildman–Crippen LogP) is -0.147. The standard InChI is InChI=1S/C6H7NO3.Na.H/c1-10-5-4(8)2-3-7-6(5)9;;/h2-3H,1H3,(H2,7,8,9);;. The van der Waals surface area contributed by atoms with E-state index in [9.17, 15) is 0 Å². The zero-order chi connectivity index (χ0) is 7.56. The summed E-state index contributed by atoms with van der Waals surface area (Å²) in [5.41, 5.74) is 0. The Morgan fingerprint density at radius 2 is 2.09 bits per heavy atom. The fraction of sp³-hybridized carbons (Fsp3) is 0.167. The van der Waals surface area contributed by atoms with Crippen molar-refractivity contribution in [2.45, 2.75) is 0 Å². The monoisotopic (exact) mass is 165 g/mol. The van der Waals surface area contributed by atoms with Crippen LogP contribution in [-0.4, -0.2) is 51.9 Å². The molecule has 2 N–H and O–H groups in total. The quantitative estimate of drug-likeness (QED) is 0.568. The number of aromatic nitrogens is 1. The van der Waals surface area contributed by atoms with Gasteiger partial charge in [-0.05, 0) is 0 Å². The molecule has 11 heavy (non-hydrogen) atoms. The van der Waals surface area contributed by atoms with Gasteiger partial charge < -0.3 is 14.9 Å². The van der Waals surface area contributed by atoms with Gasteiger partial charge in [0.15, 0.2) is 5.75 Å². The van der Waals surface area contributed by atoms with Crippen molar-refractivity contribution in [1.82, 2.24) is 4.98 Å². The van der Waals surface area contributed by atoms with E-state index in [2.05, 4.69) is 9.72 Å². The summed E-state index contributed by atoms with van der Waals surface area (Å²) in [6, 6.07) is 1.33. The van der Waals surface area contributed by atoms with Crippen molar-refractivity contribution < 1.29 is 14.9 Å². The number of rotatable bonds is 1. The summed E-state index contributed by atoms with van der Waals surface area (Å²) >= 11 is 0. The Morgan fingerprint density at radius 3 is 2.45 bits per heavy atom. The molecule has 4 nitrogen and oxygen atoms in total. The first-order valence-corrected chi connectivity index (χ1v) is 2.66. The second-order valence-corrected chi connectivity index (χ2v) is 1.69. The van der Waals surface area contributed by atoms with Gasteiger partial charge in [-0.25, -0.2) is 4.98 Å². The molecule has 0 aliphatic rings. The van der Waals surface area contributed by atoms with Crippen molar-refractivity contribution in [3.05, 3.63) is 12.3 Å². The average molecular weight is 165 g/mol. The fourth-order valence-corrected chi connectivity index (χ4v) is 0.623. The molecule has 0 bridgehead atoms. The molecule has 0 saturated heterocycles. The van der Waals surface area contributed by atoms with E-state index in [4.69, 9.17) is 10.2 Å². The summed E-state index contributed by atoms with van der Waals surface area (Å²) in [5.74, 6) is -0.417. The number of nitrogens with zero attached hydrogens (tertiary/aromatic N) is 1.